The van der Waals surface area contributed by atoms with Gasteiger partial charge in [0, 0.05) is 30.6 Å². The van der Waals surface area contributed by atoms with Crippen molar-refractivity contribution < 1.29 is 14.2 Å². The maximum Gasteiger partial charge on any atom is 0.161 e. The van der Waals surface area contributed by atoms with Crippen LogP contribution < -0.4 is 14.2 Å². The molecular weight excluding hydrogens is 396 g/mol. The van der Waals surface area contributed by atoms with Gasteiger partial charge in [-0.05, 0) is 44.0 Å². The third-order valence-corrected chi connectivity index (χ3v) is 6.17. The van der Waals surface area contributed by atoms with E-state index in [0.29, 0.717) is 6.61 Å². The molecule has 6 heteroatoms. The topological polar surface area (TPSA) is 43.8 Å². The number of benzene rings is 2. The Morgan fingerprint density at radius 3 is 2.63 bits per heavy atom. The number of para-hydroxylation sites is 2. The molecule has 4 rings (SSSR count). The predicted octanol–water partition coefficient (Wildman–Crippen LogP) is 5.26. The maximum atomic E-state index is 6.24. The van der Waals surface area contributed by atoms with E-state index in [9.17, 15) is 0 Å². The van der Waals surface area contributed by atoms with Crippen molar-refractivity contribution in [2.24, 2.45) is 0 Å². The first-order chi connectivity index (χ1) is 14.7. The predicted molar refractivity (Wildman–Crippen MR) is 121 cm³/mol. The molecule has 30 heavy (non-hydrogen) atoms. The van der Waals surface area contributed by atoms with E-state index in [0.717, 1.165) is 66.0 Å². The van der Waals surface area contributed by atoms with Gasteiger partial charge in [0.1, 0.15) is 16.9 Å². The van der Waals surface area contributed by atoms with Crippen LogP contribution in [0.5, 0.6) is 17.2 Å². The minimum atomic E-state index is 0.227. The van der Waals surface area contributed by atoms with Crippen molar-refractivity contribution in [2.75, 3.05) is 26.8 Å². The van der Waals surface area contributed by atoms with E-state index in [4.69, 9.17) is 19.2 Å². The van der Waals surface area contributed by atoms with E-state index < -0.39 is 0 Å². The molecule has 2 heterocycles. The number of hydrogen-bond acceptors (Lipinski definition) is 6. The highest BCUT2D eigenvalue weighted by atomic mass is 32.1. The average Bonchev–Trinajstić information content (AvgIpc) is 3.25. The summed E-state index contributed by atoms with van der Waals surface area (Å²) in [6, 6.07) is 16.0. The summed E-state index contributed by atoms with van der Waals surface area (Å²) in [5.74, 6) is 2.53. The molecule has 0 amide bonds. The number of hydrogen-bond donors (Lipinski definition) is 0. The molecule has 0 bridgehead atoms. The molecule has 0 spiro atoms. The first kappa shape index (κ1) is 20.7. The number of likely N-dealkylation sites (tertiary alicyclic amines) is 1. The molecule has 1 saturated heterocycles. The highest BCUT2D eigenvalue weighted by molar-refractivity contribution is 7.13. The van der Waals surface area contributed by atoms with E-state index in [1.54, 1.807) is 18.4 Å². The van der Waals surface area contributed by atoms with Crippen molar-refractivity contribution in [1.29, 1.82) is 0 Å². The molecule has 5 nitrogen and oxygen atoms in total. The van der Waals surface area contributed by atoms with Gasteiger partial charge in [-0.2, -0.15) is 0 Å². The van der Waals surface area contributed by atoms with Crippen molar-refractivity contribution >= 4 is 11.3 Å². The van der Waals surface area contributed by atoms with Gasteiger partial charge >= 0.3 is 0 Å². The third-order valence-electron chi connectivity index (χ3n) is 5.23. The summed E-state index contributed by atoms with van der Waals surface area (Å²) in [6.07, 6.45) is 2.24. The van der Waals surface area contributed by atoms with Gasteiger partial charge in [0.05, 0.1) is 19.4 Å². The summed E-state index contributed by atoms with van der Waals surface area (Å²) in [7, 11) is 1.69. The fourth-order valence-electron chi connectivity index (χ4n) is 3.68. The second-order valence-electron chi connectivity index (χ2n) is 7.35. The van der Waals surface area contributed by atoms with Crippen LogP contribution in [0.4, 0.5) is 0 Å². The van der Waals surface area contributed by atoms with Crippen molar-refractivity contribution in [2.45, 2.75) is 32.4 Å². The van der Waals surface area contributed by atoms with Crippen LogP contribution in [0.25, 0.3) is 10.6 Å². The SMILES string of the molecule is CCOc1ccccc1OC1CCN(Cc2csc(-c3cccc(OC)c3)n2)CC1. The fraction of sp³-hybridized carbons (Fsp3) is 0.375. The highest BCUT2D eigenvalue weighted by Gasteiger charge is 2.22. The van der Waals surface area contributed by atoms with Gasteiger partial charge in [-0.25, -0.2) is 4.98 Å². The van der Waals surface area contributed by atoms with Gasteiger partial charge in [-0.15, -0.1) is 11.3 Å². The van der Waals surface area contributed by atoms with Crippen LogP contribution in [0, 0.1) is 0 Å². The largest absolute Gasteiger partial charge is 0.497 e. The van der Waals surface area contributed by atoms with Gasteiger partial charge in [0.25, 0.3) is 0 Å². The molecule has 0 aliphatic carbocycles. The lowest BCUT2D eigenvalue weighted by Crippen LogP contribution is -2.37. The van der Waals surface area contributed by atoms with Crippen molar-refractivity contribution in [3.8, 4) is 27.8 Å². The fourth-order valence-corrected chi connectivity index (χ4v) is 4.49. The number of piperidine rings is 1. The number of methoxy groups -OCH3 is 1. The molecule has 0 atom stereocenters. The van der Waals surface area contributed by atoms with Crippen LogP contribution in [0.15, 0.2) is 53.9 Å². The first-order valence-electron chi connectivity index (χ1n) is 10.4. The Morgan fingerprint density at radius 2 is 1.87 bits per heavy atom. The Bertz CT molecular complexity index is 951. The zero-order valence-corrected chi connectivity index (χ0v) is 18.4. The van der Waals surface area contributed by atoms with Crippen molar-refractivity contribution in [3.63, 3.8) is 0 Å². The van der Waals surface area contributed by atoms with Crippen LogP contribution in [-0.4, -0.2) is 42.8 Å². The standard InChI is InChI=1S/C24H28N2O3S/c1-3-28-22-9-4-5-10-23(22)29-20-11-13-26(14-12-20)16-19-17-30-24(25-19)18-7-6-8-21(15-18)27-2/h4-10,15,17,20H,3,11-14,16H2,1-2H3. The molecule has 0 N–H and O–H groups in total. The van der Waals surface area contributed by atoms with E-state index in [1.807, 2.05) is 49.4 Å². The van der Waals surface area contributed by atoms with Gasteiger partial charge in [-0.1, -0.05) is 24.3 Å². The zero-order chi connectivity index (χ0) is 20.8. The maximum absolute atomic E-state index is 6.24. The lowest BCUT2D eigenvalue weighted by Gasteiger charge is -2.32. The first-order valence-corrected chi connectivity index (χ1v) is 11.3. The van der Waals surface area contributed by atoms with Crippen molar-refractivity contribution in [1.82, 2.24) is 9.88 Å². The lowest BCUT2D eigenvalue weighted by atomic mass is 10.1. The minimum Gasteiger partial charge on any atom is -0.497 e. The van der Waals surface area contributed by atoms with Crippen molar-refractivity contribution in [3.05, 3.63) is 59.6 Å². The molecule has 0 unspecified atom stereocenters. The minimum absolute atomic E-state index is 0.227. The van der Waals surface area contributed by atoms with Gasteiger partial charge < -0.3 is 14.2 Å². The molecule has 1 aliphatic heterocycles. The second kappa shape index (κ2) is 9.96. The Kier molecular flexibility index (Phi) is 6.87. The lowest BCUT2D eigenvalue weighted by molar-refractivity contribution is 0.0931. The normalized spacial score (nSPS) is 15.1. The van der Waals surface area contributed by atoms with Crippen LogP contribution in [0.3, 0.4) is 0 Å². The Labute approximate surface area is 182 Å². The van der Waals surface area contributed by atoms with E-state index in [1.165, 1.54) is 0 Å². The summed E-state index contributed by atoms with van der Waals surface area (Å²) in [5, 5.41) is 3.20. The average molecular weight is 425 g/mol. The summed E-state index contributed by atoms with van der Waals surface area (Å²) in [6.45, 7) is 5.53. The molecular formula is C24H28N2O3S. The summed E-state index contributed by atoms with van der Waals surface area (Å²) in [4.78, 5) is 7.30. The Morgan fingerprint density at radius 1 is 1.07 bits per heavy atom. The number of ether oxygens (including phenoxy) is 3. The summed E-state index contributed by atoms with van der Waals surface area (Å²) in [5.41, 5.74) is 2.23. The molecule has 1 aliphatic rings. The number of thiazole rings is 1. The molecule has 2 aromatic carbocycles. The second-order valence-corrected chi connectivity index (χ2v) is 8.21. The van der Waals surface area contributed by atoms with Crippen LogP contribution >= 0.6 is 11.3 Å². The van der Waals surface area contributed by atoms with E-state index >= 15 is 0 Å². The zero-order valence-electron chi connectivity index (χ0n) is 17.5. The monoisotopic (exact) mass is 424 g/mol. The number of aromatic nitrogens is 1. The highest BCUT2D eigenvalue weighted by Crippen LogP contribution is 2.30. The Balaban J connectivity index is 1.31. The third kappa shape index (κ3) is 5.12. The van der Waals surface area contributed by atoms with Crippen LogP contribution in [-0.2, 0) is 6.54 Å². The Hall–Kier alpha value is -2.57. The van der Waals surface area contributed by atoms with Crippen LogP contribution in [0.1, 0.15) is 25.5 Å². The van der Waals surface area contributed by atoms with E-state index in [-0.39, 0.29) is 6.10 Å². The van der Waals surface area contributed by atoms with Crippen LogP contribution in [0.2, 0.25) is 0 Å². The van der Waals surface area contributed by atoms with E-state index in [2.05, 4.69) is 16.3 Å². The molecule has 1 aromatic heterocycles. The van der Waals surface area contributed by atoms with Gasteiger partial charge in [-0.3, -0.25) is 4.90 Å². The smallest absolute Gasteiger partial charge is 0.161 e. The number of rotatable bonds is 8. The van der Waals surface area contributed by atoms with Gasteiger partial charge in [0.15, 0.2) is 11.5 Å². The molecule has 158 valence electrons. The molecule has 0 radical (unpaired) electrons. The molecule has 1 fully saturated rings. The molecule has 0 saturated carbocycles. The summed E-state index contributed by atoms with van der Waals surface area (Å²) >= 11 is 1.69. The quantitative estimate of drug-likeness (QED) is 0.493. The number of nitrogens with zero attached hydrogens (tertiary/aromatic N) is 2. The molecule has 3 aromatic rings. The van der Waals surface area contributed by atoms with Gasteiger partial charge in [0.2, 0.25) is 0 Å². The summed E-state index contributed by atoms with van der Waals surface area (Å²) < 4.78 is 17.3.